The number of allylic oxidation sites excluding steroid dienone is 2. The molecule has 21 heavy (non-hydrogen) atoms. The Kier molecular flexibility index (Phi) is 11.9. The Hall–Kier alpha value is -0.300. The van der Waals surface area contributed by atoms with Crippen LogP contribution in [-0.2, 0) is 0 Å². The molecule has 1 aliphatic rings. The topological polar surface area (TPSA) is 20.2 Å². The first-order chi connectivity index (χ1) is 10.4. The standard InChI is InChI=1S/C20H38O/c1-2-3-4-7-10-14-19-16-13-17-20(19)15-11-8-5-6-9-12-18-21/h10,14,19-21H,2-9,11-13,15-18H2,1H3/t19-,20-/m0/s1. The third-order valence-corrected chi connectivity index (χ3v) is 5.06. The van der Waals surface area contributed by atoms with Gasteiger partial charge in [0.2, 0.25) is 0 Å². The van der Waals surface area contributed by atoms with E-state index in [1.165, 1.54) is 83.5 Å². The maximum absolute atomic E-state index is 8.75. The zero-order chi connectivity index (χ0) is 15.2. The molecule has 124 valence electrons. The van der Waals surface area contributed by atoms with E-state index >= 15 is 0 Å². The number of hydrogen-bond acceptors (Lipinski definition) is 1. The quantitative estimate of drug-likeness (QED) is 0.314. The van der Waals surface area contributed by atoms with Crippen molar-refractivity contribution in [2.75, 3.05) is 6.61 Å². The highest BCUT2D eigenvalue weighted by Crippen LogP contribution is 2.36. The van der Waals surface area contributed by atoms with Crippen molar-refractivity contribution in [1.82, 2.24) is 0 Å². The lowest BCUT2D eigenvalue weighted by Gasteiger charge is -2.16. The van der Waals surface area contributed by atoms with E-state index in [1.54, 1.807) is 0 Å². The van der Waals surface area contributed by atoms with E-state index in [2.05, 4.69) is 19.1 Å². The zero-order valence-corrected chi connectivity index (χ0v) is 14.4. The van der Waals surface area contributed by atoms with Crippen LogP contribution < -0.4 is 0 Å². The van der Waals surface area contributed by atoms with Crippen molar-refractivity contribution in [2.45, 2.75) is 96.8 Å². The van der Waals surface area contributed by atoms with Gasteiger partial charge in [-0.15, -0.1) is 0 Å². The molecule has 1 rings (SSSR count). The fourth-order valence-corrected chi connectivity index (χ4v) is 3.69. The van der Waals surface area contributed by atoms with Gasteiger partial charge in [-0.25, -0.2) is 0 Å². The molecule has 0 spiro atoms. The summed E-state index contributed by atoms with van der Waals surface area (Å²) in [5.74, 6) is 1.87. The molecule has 2 atom stereocenters. The normalized spacial score (nSPS) is 22.4. The summed E-state index contributed by atoms with van der Waals surface area (Å²) in [6, 6.07) is 0. The van der Waals surface area contributed by atoms with Crippen LogP contribution >= 0.6 is 0 Å². The Morgan fingerprint density at radius 1 is 0.905 bits per heavy atom. The van der Waals surface area contributed by atoms with Crippen LogP contribution in [0.5, 0.6) is 0 Å². The number of aliphatic hydroxyl groups excluding tert-OH is 1. The summed E-state index contributed by atoms with van der Waals surface area (Å²) in [5, 5.41) is 8.75. The SMILES string of the molecule is CCCCCC=C[C@H]1CCC[C@@H]1CCCCCCCCO. The molecule has 0 bridgehead atoms. The molecule has 0 aromatic heterocycles. The van der Waals surface area contributed by atoms with Crippen molar-refractivity contribution in [3.8, 4) is 0 Å². The third-order valence-electron chi connectivity index (χ3n) is 5.06. The number of aliphatic hydroxyl groups is 1. The fraction of sp³-hybridized carbons (Fsp3) is 0.900. The predicted octanol–water partition coefficient (Wildman–Crippen LogP) is 6.26. The average molecular weight is 295 g/mol. The first kappa shape index (κ1) is 18.7. The minimum atomic E-state index is 0.369. The molecule has 0 radical (unpaired) electrons. The second-order valence-electron chi connectivity index (χ2n) is 6.91. The maximum Gasteiger partial charge on any atom is 0.0431 e. The van der Waals surface area contributed by atoms with Gasteiger partial charge in [0, 0.05) is 6.61 Å². The molecular formula is C20H38O. The van der Waals surface area contributed by atoms with Crippen LogP contribution in [0.15, 0.2) is 12.2 Å². The molecular weight excluding hydrogens is 256 g/mol. The molecule has 0 aliphatic heterocycles. The van der Waals surface area contributed by atoms with Gasteiger partial charge in [-0.05, 0) is 50.4 Å². The van der Waals surface area contributed by atoms with Crippen molar-refractivity contribution in [3.05, 3.63) is 12.2 Å². The Morgan fingerprint density at radius 2 is 1.67 bits per heavy atom. The lowest BCUT2D eigenvalue weighted by atomic mass is 9.90. The van der Waals surface area contributed by atoms with Gasteiger partial charge in [-0.3, -0.25) is 0 Å². The highest BCUT2D eigenvalue weighted by atomic mass is 16.2. The van der Waals surface area contributed by atoms with E-state index in [4.69, 9.17) is 5.11 Å². The minimum absolute atomic E-state index is 0.369. The summed E-state index contributed by atoms with van der Waals surface area (Å²) in [7, 11) is 0. The summed E-state index contributed by atoms with van der Waals surface area (Å²) < 4.78 is 0. The van der Waals surface area contributed by atoms with Crippen molar-refractivity contribution in [1.29, 1.82) is 0 Å². The van der Waals surface area contributed by atoms with Crippen molar-refractivity contribution >= 4 is 0 Å². The first-order valence-electron chi connectivity index (χ1n) is 9.66. The average Bonchev–Trinajstić information content (AvgIpc) is 2.94. The lowest BCUT2D eigenvalue weighted by molar-refractivity contribution is 0.282. The molecule has 1 saturated carbocycles. The van der Waals surface area contributed by atoms with Crippen molar-refractivity contribution in [3.63, 3.8) is 0 Å². The number of hydrogen-bond donors (Lipinski definition) is 1. The van der Waals surface area contributed by atoms with Crippen molar-refractivity contribution < 1.29 is 5.11 Å². The maximum atomic E-state index is 8.75. The van der Waals surface area contributed by atoms with Crippen LogP contribution in [0.2, 0.25) is 0 Å². The molecule has 0 aromatic carbocycles. The highest BCUT2D eigenvalue weighted by Gasteiger charge is 2.24. The van der Waals surface area contributed by atoms with Gasteiger partial charge in [0.15, 0.2) is 0 Å². The van der Waals surface area contributed by atoms with E-state index in [9.17, 15) is 0 Å². The minimum Gasteiger partial charge on any atom is -0.396 e. The van der Waals surface area contributed by atoms with E-state index in [0.29, 0.717) is 6.61 Å². The van der Waals surface area contributed by atoms with Crippen LogP contribution in [-0.4, -0.2) is 11.7 Å². The molecule has 0 saturated heterocycles. The first-order valence-corrected chi connectivity index (χ1v) is 9.66. The van der Waals surface area contributed by atoms with Gasteiger partial charge in [-0.2, -0.15) is 0 Å². The summed E-state index contributed by atoms with van der Waals surface area (Å²) in [5.41, 5.74) is 0. The van der Waals surface area contributed by atoms with E-state index in [1.807, 2.05) is 0 Å². The van der Waals surface area contributed by atoms with Crippen molar-refractivity contribution in [2.24, 2.45) is 11.8 Å². The van der Waals surface area contributed by atoms with E-state index in [0.717, 1.165) is 18.3 Å². The van der Waals surface area contributed by atoms with Crippen LogP contribution in [0.25, 0.3) is 0 Å². The predicted molar refractivity (Wildman–Crippen MR) is 93.5 cm³/mol. The van der Waals surface area contributed by atoms with Crippen LogP contribution in [0.4, 0.5) is 0 Å². The molecule has 1 heteroatoms. The van der Waals surface area contributed by atoms with Crippen LogP contribution in [0, 0.1) is 11.8 Å². The second-order valence-corrected chi connectivity index (χ2v) is 6.91. The molecule has 1 fully saturated rings. The molecule has 1 nitrogen and oxygen atoms in total. The van der Waals surface area contributed by atoms with Gasteiger partial charge in [0.25, 0.3) is 0 Å². The van der Waals surface area contributed by atoms with Gasteiger partial charge >= 0.3 is 0 Å². The van der Waals surface area contributed by atoms with Crippen LogP contribution in [0.1, 0.15) is 96.8 Å². The summed E-state index contributed by atoms with van der Waals surface area (Å²) in [6.45, 7) is 2.65. The third kappa shape index (κ3) is 9.34. The summed E-state index contributed by atoms with van der Waals surface area (Å²) in [6.07, 6.45) is 23.9. The zero-order valence-electron chi connectivity index (χ0n) is 14.4. The number of unbranched alkanes of at least 4 members (excludes halogenated alkanes) is 8. The molecule has 0 amide bonds. The smallest absolute Gasteiger partial charge is 0.0431 e. The van der Waals surface area contributed by atoms with Gasteiger partial charge in [0.1, 0.15) is 0 Å². The van der Waals surface area contributed by atoms with E-state index < -0.39 is 0 Å². The summed E-state index contributed by atoms with van der Waals surface area (Å²) >= 11 is 0. The van der Waals surface area contributed by atoms with E-state index in [-0.39, 0.29) is 0 Å². The lowest BCUT2D eigenvalue weighted by Crippen LogP contribution is -2.05. The highest BCUT2D eigenvalue weighted by molar-refractivity contribution is 4.94. The molecule has 1 N–H and O–H groups in total. The Labute approximate surface area is 133 Å². The largest absolute Gasteiger partial charge is 0.396 e. The Balaban J connectivity index is 2.04. The van der Waals surface area contributed by atoms with Crippen LogP contribution in [0.3, 0.4) is 0 Å². The molecule has 0 aromatic rings. The summed E-state index contributed by atoms with van der Waals surface area (Å²) in [4.78, 5) is 0. The fourth-order valence-electron chi connectivity index (χ4n) is 3.69. The monoisotopic (exact) mass is 294 g/mol. The molecule has 0 unspecified atom stereocenters. The Bertz CT molecular complexity index is 246. The van der Waals surface area contributed by atoms with Gasteiger partial charge < -0.3 is 5.11 Å². The molecule has 0 heterocycles. The van der Waals surface area contributed by atoms with Gasteiger partial charge in [-0.1, -0.05) is 70.4 Å². The second kappa shape index (κ2) is 13.4. The van der Waals surface area contributed by atoms with Gasteiger partial charge in [0.05, 0.1) is 0 Å². The molecule has 1 aliphatic carbocycles. The Morgan fingerprint density at radius 3 is 2.43 bits per heavy atom. The number of rotatable bonds is 13.